The Morgan fingerprint density at radius 1 is 1.06 bits per heavy atom. The summed E-state index contributed by atoms with van der Waals surface area (Å²) in [7, 11) is 0. The molecule has 4 N–H and O–H groups in total. The van der Waals surface area contributed by atoms with E-state index in [-0.39, 0.29) is 43.0 Å². The molecule has 2 aromatic carbocycles. The Kier molecular flexibility index (Phi) is 11.2. The summed E-state index contributed by atoms with van der Waals surface area (Å²) in [5.74, 6) is -0.356. The van der Waals surface area contributed by atoms with E-state index in [1.807, 2.05) is 37.3 Å². The lowest BCUT2D eigenvalue weighted by Crippen LogP contribution is -2.44. The fraction of sp³-hybridized carbons (Fsp3) is 0.391. The van der Waals surface area contributed by atoms with Gasteiger partial charge in [0.05, 0.1) is 6.42 Å². The van der Waals surface area contributed by atoms with Crippen LogP contribution in [0, 0.1) is 0 Å². The Morgan fingerprint density at radius 2 is 1.74 bits per heavy atom. The van der Waals surface area contributed by atoms with Crippen molar-refractivity contribution in [1.82, 2.24) is 5.32 Å². The first-order valence-corrected chi connectivity index (χ1v) is 10.3. The van der Waals surface area contributed by atoms with Gasteiger partial charge < -0.3 is 21.3 Å². The van der Waals surface area contributed by atoms with E-state index in [2.05, 4.69) is 21.6 Å². The predicted molar refractivity (Wildman–Crippen MR) is 132 cm³/mol. The highest BCUT2D eigenvalue weighted by molar-refractivity contribution is 5.97. The Labute approximate surface area is 196 Å². The molecule has 3 rings (SSSR count). The number of carbonyl (C=O) groups is 2. The lowest BCUT2D eigenvalue weighted by atomic mass is 10.1. The average Bonchev–Trinajstić information content (AvgIpc) is 3.24. The minimum absolute atomic E-state index is 0. The molecule has 6 nitrogen and oxygen atoms in total. The fourth-order valence-electron chi connectivity index (χ4n) is 3.61. The normalized spacial score (nSPS) is 13.5. The number of anilines is 3. The van der Waals surface area contributed by atoms with Crippen molar-refractivity contribution in [1.29, 1.82) is 0 Å². The maximum Gasteiger partial charge on any atom is 0.246 e. The molecule has 1 fully saturated rings. The first-order chi connectivity index (χ1) is 14.0. The number of hydrogen-bond donors (Lipinski definition) is 3. The van der Waals surface area contributed by atoms with Gasteiger partial charge in [-0.3, -0.25) is 9.59 Å². The molecular formula is C23H32Cl2N4O2. The molecule has 1 heterocycles. The van der Waals surface area contributed by atoms with Gasteiger partial charge in [0.25, 0.3) is 0 Å². The van der Waals surface area contributed by atoms with Crippen molar-refractivity contribution in [2.75, 3.05) is 29.0 Å². The lowest BCUT2D eigenvalue weighted by molar-refractivity contribution is -0.126. The number of nitrogens with one attached hydrogen (secondary N) is 2. The summed E-state index contributed by atoms with van der Waals surface area (Å²) in [5, 5.41) is 5.85. The zero-order chi connectivity index (χ0) is 20.6. The predicted octanol–water partition coefficient (Wildman–Crippen LogP) is 4.18. The fourth-order valence-corrected chi connectivity index (χ4v) is 3.61. The third-order valence-corrected chi connectivity index (χ3v) is 5.16. The molecule has 31 heavy (non-hydrogen) atoms. The molecule has 1 atom stereocenters. The molecule has 0 bridgehead atoms. The van der Waals surface area contributed by atoms with Crippen molar-refractivity contribution in [3.8, 4) is 0 Å². The number of nitrogen functional groups attached to an aromatic ring is 1. The van der Waals surface area contributed by atoms with Crippen LogP contribution in [0.15, 0.2) is 48.5 Å². The maximum atomic E-state index is 12.8. The lowest BCUT2D eigenvalue weighted by Gasteiger charge is -2.20. The smallest absolute Gasteiger partial charge is 0.246 e. The van der Waals surface area contributed by atoms with Gasteiger partial charge in [-0.15, -0.1) is 24.8 Å². The van der Waals surface area contributed by atoms with E-state index in [9.17, 15) is 9.59 Å². The standard InChI is InChI=1S/C23H30N4O2.2ClH/c1-2-6-21(26-22(28)15-17-9-11-18(24)12-10-17)23(29)25-19-7-5-8-20(16-19)27-13-3-4-14-27;;/h5,7-12,16,21H,2-4,6,13-15,24H2,1H3,(H,25,29)(H,26,28);2*1H. The molecule has 0 saturated carbocycles. The van der Waals surface area contributed by atoms with Crippen molar-refractivity contribution in [3.05, 3.63) is 54.1 Å². The quantitative estimate of drug-likeness (QED) is 0.509. The Balaban J connectivity index is 0.00000240. The highest BCUT2D eigenvalue weighted by atomic mass is 35.5. The van der Waals surface area contributed by atoms with E-state index in [0.29, 0.717) is 12.1 Å². The molecule has 8 heteroatoms. The molecule has 170 valence electrons. The van der Waals surface area contributed by atoms with Gasteiger partial charge in [0.1, 0.15) is 6.04 Å². The zero-order valence-electron chi connectivity index (χ0n) is 17.8. The van der Waals surface area contributed by atoms with E-state index in [4.69, 9.17) is 5.73 Å². The van der Waals surface area contributed by atoms with E-state index in [1.54, 1.807) is 12.1 Å². The molecule has 0 spiro atoms. The van der Waals surface area contributed by atoms with Crippen molar-refractivity contribution >= 4 is 53.7 Å². The highest BCUT2D eigenvalue weighted by Gasteiger charge is 2.21. The van der Waals surface area contributed by atoms with Crippen LogP contribution in [0.1, 0.15) is 38.2 Å². The summed E-state index contributed by atoms with van der Waals surface area (Å²) >= 11 is 0. The van der Waals surface area contributed by atoms with Crippen LogP contribution in [0.3, 0.4) is 0 Å². The molecule has 1 unspecified atom stereocenters. The minimum Gasteiger partial charge on any atom is -0.399 e. The average molecular weight is 467 g/mol. The van der Waals surface area contributed by atoms with Crippen molar-refractivity contribution in [3.63, 3.8) is 0 Å². The summed E-state index contributed by atoms with van der Waals surface area (Å²) in [6.07, 6.45) is 4.02. The van der Waals surface area contributed by atoms with Gasteiger partial charge in [0.2, 0.25) is 11.8 Å². The number of nitrogens with two attached hydrogens (primary N) is 1. The second-order valence-electron chi connectivity index (χ2n) is 7.56. The van der Waals surface area contributed by atoms with Crippen molar-refractivity contribution in [2.45, 2.75) is 45.1 Å². The third kappa shape index (κ3) is 7.96. The third-order valence-electron chi connectivity index (χ3n) is 5.16. The van der Waals surface area contributed by atoms with Gasteiger partial charge in [-0.2, -0.15) is 0 Å². The number of nitrogens with zero attached hydrogens (tertiary/aromatic N) is 1. The minimum atomic E-state index is -0.559. The summed E-state index contributed by atoms with van der Waals surface area (Å²) < 4.78 is 0. The molecular weight excluding hydrogens is 435 g/mol. The van der Waals surface area contributed by atoms with Gasteiger partial charge >= 0.3 is 0 Å². The number of halogens is 2. The maximum absolute atomic E-state index is 12.8. The number of hydrogen-bond acceptors (Lipinski definition) is 4. The highest BCUT2D eigenvalue weighted by Crippen LogP contribution is 2.23. The molecule has 1 aliphatic rings. The number of carbonyl (C=O) groups excluding carboxylic acids is 2. The zero-order valence-corrected chi connectivity index (χ0v) is 19.4. The number of rotatable bonds is 8. The summed E-state index contributed by atoms with van der Waals surface area (Å²) in [4.78, 5) is 27.6. The van der Waals surface area contributed by atoms with Gasteiger partial charge in [-0.05, 0) is 55.2 Å². The van der Waals surface area contributed by atoms with Crippen LogP contribution >= 0.6 is 24.8 Å². The number of benzene rings is 2. The Hall–Kier alpha value is -2.44. The second-order valence-corrected chi connectivity index (χ2v) is 7.56. The molecule has 2 aromatic rings. The van der Waals surface area contributed by atoms with Gasteiger partial charge in [-0.25, -0.2) is 0 Å². The largest absolute Gasteiger partial charge is 0.399 e. The van der Waals surface area contributed by atoms with E-state index in [0.717, 1.165) is 36.4 Å². The van der Waals surface area contributed by atoms with Gasteiger partial charge in [0.15, 0.2) is 0 Å². The van der Waals surface area contributed by atoms with Crippen LogP contribution in [-0.2, 0) is 16.0 Å². The molecule has 0 radical (unpaired) electrons. The van der Waals surface area contributed by atoms with Crippen LogP contribution in [0.2, 0.25) is 0 Å². The van der Waals surface area contributed by atoms with E-state index < -0.39 is 6.04 Å². The van der Waals surface area contributed by atoms with Crippen LogP contribution < -0.4 is 21.3 Å². The summed E-state index contributed by atoms with van der Waals surface area (Å²) in [6.45, 7) is 4.11. The monoisotopic (exact) mass is 466 g/mol. The summed E-state index contributed by atoms with van der Waals surface area (Å²) in [6, 6.07) is 14.5. The van der Waals surface area contributed by atoms with Crippen LogP contribution in [-0.4, -0.2) is 30.9 Å². The molecule has 0 aliphatic carbocycles. The van der Waals surface area contributed by atoms with E-state index >= 15 is 0 Å². The van der Waals surface area contributed by atoms with Crippen molar-refractivity contribution < 1.29 is 9.59 Å². The van der Waals surface area contributed by atoms with Gasteiger partial charge in [-0.1, -0.05) is 31.5 Å². The van der Waals surface area contributed by atoms with E-state index in [1.165, 1.54) is 12.8 Å². The topological polar surface area (TPSA) is 87.5 Å². The molecule has 0 aromatic heterocycles. The van der Waals surface area contributed by atoms with Crippen LogP contribution in [0.25, 0.3) is 0 Å². The Bertz CT molecular complexity index is 840. The molecule has 1 aliphatic heterocycles. The molecule has 1 saturated heterocycles. The molecule has 2 amide bonds. The van der Waals surface area contributed by atoms with Crippen LogP contribution in [0.5, 0.6) is 0 Å². The Morgan fingerprint density at radius 3 is 2.39 bits per heavy atom. The first kappa shape index (κ1) is 26.6. The van der Waals surface area contributed by atoms with Crippen molar-refractivity contribution in [2.24, 2.45) is 0 Å². The first-order valence-electron chi connectivity index (χ1n) is 10.3. The number of amides is 2. The van der Waals surface area contributed by atoms with Gasteiger partial charge in [0, 0.05) is 30.2 Å². The van der Waals surface area contributed by atoms with Crippen LogP contribution in [0.4, 0.5) is 17.1 Å². The summed E-state index contributed by atoms with van der Waals surface area (Å²) in [5.41, 5.74) is 9.09. The SMILES string of the molecule is CCCC(NC(=O)Cc1ccc(N)cc1)C(=O)Nc1cccc(N2CCCC2)c1.Cl.Cl. The second kappa shape index (κ2) is 13.1.